The molecule has 76 valence electrons. The summed E-state index contributed by atoms with van der Waals surface area (Å²) in [5.74, 6) is 0.635. The van der Waals surface area contributed by atoms with Crippen LogP contribution in [0.4, 0.5) is 5.82 Å². The van der Waals surface area contributed by atoms with Crippen molar-refractivity contribution in [2.24, 2.45) is 0 Å². The number of halogens is 1. The molecule has 0 aliphatic heterocycles. The molecule has 2 rings (SSSR count). The van der Waals surface area contributed by atoms with Crippen molar-refractivity contribution < 1.29 is 0 Å². The van der Waals surface area contributed by atoms with E-state index in [-0.39, 0.29) is 11.1 Å². The van der Waals surface area contributed by atoms with Gasteiger partial charge in [0.1, 0.15) is 10.3 Å². The monoisotopic (exact) mass is 257 g/mol. The molecule has 1 heterocycles. The predicted octanol–water partition coefficient (Wildman–Crippen LogP) is 1.89. The summed E-state index contributed by atoms with van der Waals surface area (Å²) in [4.78, 5) is 17.9. The normalized spacial score (nSPS) is 18.7. The second-order valence-corrected chi connectivity index (χ2v) is 4.73. The van der Waals surface area contributed by atoms with Crippen LogP contribution in [0.5, 0.6) is 0 Å². The molecule has 14 heavy (non-hydrogen) atoms. The molecule has 0 spiro atoms. The van der Waals surface area contributed by atoms with Gasteiger partial charge in [0.05, 0.1) is 6.33 Å². The van der Waals surface area contributed by atoms with Crippen molar-refractivity contribution in [1.29, 1.82) is 0 Å². The Morgan fingerprint density at radius 3 is 2.93 bits per heavy atom. The maximum Gasteiger partial charge on any atom is 0.267 e. The Morgan fingerprint density at radius 1 is 1.64 bits per heavy atom. The van der Waals surface area contributed by atoms with E-state index >= 15 is 0 Å². The number of hydrogen-bond donors (Lipinski definition) is 2. The topological polar surface area (TPSA) is 57.8 Å². The minimum Gasteiger partial charge on any atom is -0.364 e. The van der Waals surface area contributed by atoms with E-state index in [1.807, 2.05) is 0 Å². The van der Waals surface area contributed by atoms with Crippen LogP contribution in [0.1, 0.15) is 26.2 Å². The molecule has 0 atom stereocenters. The van der Waals surface area contributed by atoms with E-state index in [0.29, 0.717) is 10.3 Å². The average Bonchev–Trinajstić information content (AvgIpc) is 2.10. The Kier molecular flexibility index (Phi) is 2.34. The predicted molar refractivity (Wildman–Crippen MR) is 58.4 cm³/mol. The number of anilines is 1. The van der Waals surface area contributed by atoms with Gasteiger partial charge in [-0.25, -0.2) is 4.98 Å². The summed E-state index contributed by atoms with van der Waals surface area (Å²) in [5.41, 5.74) is -0.0334. The van der Waals surface area contributed by atoms with Crippen LogP contribution in [0.25, 0.3) is 0 Å². The Hall–Kier alpha value is -0.840. The van der Waals surface area contributed by atoms with Crippen LogP contribution >= 0.6 is 15.9 Å². The van der Waals surface area contributed by atoms with Crippen molar-refractivity contribution in [2.75, 3.05) is 5.32 Å². The van der Waals surface area contributed by atoms with Gasteiger partial charge in [-0.1, -0.05) is 0 Å². The van der Waals surface area contributed by atoms with Crippen LogP contribution in [0, 0.1) is 0 Å². The molecule has 1 aliphatic rings. The van der Waals surface area contributed by atoms with Crippen LogP contribution in [-0.2, 0) is 0 Å². The average molecular weight is 258 g/mol. The molecular weight excluding hydrogens is 246 g/mol. The second-order valence-electron chi connectivity index (χ2n) is 3.93. The van der Waals surface area contributed by atoms with Gasteiger partial charge in [0.15, 0.2) is 0 Å². The summed E-state index contributed by atoms with van der Waals surface area (Å²) in [7, 11) is 0. The van der Waals surface area contributed by atoms with Crippen molar-refractivity contribution >= 4 is 21.7 Å². The summed E-state index contributed by atoms with van der Waals surface area (Å²) in [6.45, 7) is 2.14. The molecule has 4 nitrogen and oxygen atoms in total. The van der Waals surface area contributed by atoms with Crippen molar-refractivity contribution in [3.05, 3.63) is 21.2 Å². The van der Waals surface area contributed by atoms with E-state index < -0.39 is 0 Å². The third-order valence-electron chi connectivity index (χ3n) is 2.67. The van der Waals surface area contributed by atoms with E-state index in [2.05, 4.69) is 38.1 Å². The summed E-state index contributed by atoms with van der Waals surface area (Å²) in [6, 6.07) is 0. The quantitative estimate of drug-likeness (QED) is 0.851. The van der Waals surface area contributed by atoms with Crippen molar-refractivity contribution in [3.63, 3.8) is 0 Å². The van der Waals surface area contributed by atoms with Gasteiger partial charge >= 0.3 is 0 Å². The summed E-state index contributed by atoms with van der Waals surface area (Å²) in [6.07, 6.45) is 4.92. The number of hydrogen-bond acceptors (Lipinski definition) is 3. The largest absolute Gasteiger partial charge is 0.364 e. The first-order valence-corrected chi connectivity index (χ1v) is 5.41. The minimum absolute atomic E-state index is 0.114. The SMILES string of the molecule is CC1(Nc2nc[nH]c(=O)c2Br)CCC1. The molecule has 0 amide bonds. The fourth-order valence-electron chi connectivity index (χ4n) is 1.59. The van der Waals surface area contributed by atoms with Crippen LogP contribution in [0.15, 0.2) is 15.6 Å². The van der Waals surface area contributed by atoms with Crippen LogP contribution in [0.2, 0.25) is 0 Å². The molecule has 2 N–H and O–H groups in total. The molecule has 0 bridgehead atoms. The molecule has 0 radical (unpaired) electrons. The molecule has 5 heteroatoms. The fourth-order valence-corrected chi connectivity index (χ4v) is 1.90. The summed E-state index contributed by atoms with van der Waals surface area (Å²) >= 11 is 3.22. The standard InChI is InChI=1S/C9H12BrN3O/c1-9(3-2-4-9)13-7-6(10)8(14)12-5-11-7/h5H,2-4H2,1H3,(H2,11,12,13,14). The smallest absolute Gasteiger partial charge is 0.267 e. The first-order valence-electron chi connectivity index (χ1n) is 4.62. The Labute approximate surface area is 90.3 Å². The van der Waals surface area contributed by atoms with Gasteiger partial charge in [0.25, 0.3) is 5.56 Å². The molecule has 0 unspecified atom stereocenters. The van der Waals surface area contributed by atoms with Crippen molar-refractivity contribution in [2.45, 2.75) is 31.7 Å². The van der Waals surface area contributed by atoms with Gasteiger partial charge in [-0.2, -0.15) is 0 Å². The highest BCUT2D eigenvalue weighted by Crippen LogP contribution is 2.35. The van der Waals surface area contributed by atoms with E-state index in [9.17, 15) is 4.79 Å². The Morgan fingerprint density at radius 2 is 2.36 bits per heavy atom. The van der Waals surface area contributed by atoms with Gasteiger partial charge in [-0.15, -0.1) is 0 Å². The maximum atomic E-state index is 11.2. The minimum atomic E-state index is -0.148. The van der Waals surface area contributed by atoms with Gasteiger partial charge in [-0.3, -0.25) is 4.79 Å². The van der Waals surface area contributed by atoms with E-state index in [1.165, 1.54) is 12.7 Å². The zero-order valence-corrected chi connectivity index (χ0v) is 9.52. The summed E-state index contributed by atoms with van der Waals surface area (Å²) < 4.78 is 0.480. The molecular formula is C9H12BrN3O. The van der Waals surface area contributed by atoms with Crippen LogP contribution < -0.4 is 10.9 Å². The third kappa shape index (κ3) is 1.68. The lowest BCUT2D eigenvalue weighted by molar-refractivity contribution is 0.305. The molecule has 1 aromatic heterocycles. The number of aromatic amines is 1. The first-order chi connectivity index (χ1) is 6.61. The van der Waals surface area contributed by atoms with E-state index in [0.717, 1.165) is 12.8 Å². The summed E-state index contributed by atoms with van der Waals surface area (Å²) in [5, 5.41) is 3.29. The number of aromatic nitrogens is 2. The highest BCUT2D eigenvalue weighted by molar-refractivity contribution is 9.10. The number of H-pyrrole nitrogens is 1. The Bertz CT molecular complexity index is 397. The lowest BCUT2D eigenvalue weighted by Gasteiger charge is -2.39. The second kappa shape index (κ2) is 3.38. The van der Waals surface area contributed by atoms with Crippen LogP contribution in [-0.4, -0.2) is 15.5 Å². The Balaban J connectivity index is 2.24. The molecule has 1 aromatic rings. The highest BCUT2D eigenvalue weighted by atomic mass is 79.9. The number of nitrogens with one attached hydrogen (secondary N) is 2. The number of nitrogens with zero attached hydrogens (tertiary/aromatic N) is 1. The van der Waals surface area contributed by atoms with Crippen LogP contribution in [0.3, 0.4) is 0 Å². The van der Waals surface area contributed by atoms with Crippen molar-refractivity contribution in [1.82, 2.24) is 9.97 Å². The third-order valence-corrected chi connectivity index (χ3v) is 3.41. The van der Waals surface area contributed by atoms with E-state index in [4.69, 9.17) is 0 Å². The fraction of sp³-hybridized carbons (Fsp3) is 0.556. The lowest BCUT2D eigenvalue weighted by Crippen LogP contribution is -2.42. The first kappa shape index (κ1) is 9.71. The van der Waals surface area contributed by atoms with Gasteiger partial charge in [0, 0.05) is 5.54 Å². The van der Waals surface area contributed by atoms with Gasteiger partial charge in [0.2, 0.25) is 0 Å². The molecule has 1 fully saturated rings. The molecule has 1 aliphatic carbocycles. The zero-order chi connectivity index (χ0) is 10.2. The molecule has 1 saturated carbocycles. The van der Waals surface area contributed by atoms with Gasteiger partial charge in [-0.05, 0) is 42.1 Å². The maximum absolute atomic E-state index is 11.2. The van der Waals surface area contributed by atoms with Crippen molar-refractivity contribution in [3.8, 4) is 0 Å². The van der Waals surface area contributed by atoms with E-state index in [1.54, 1.807) is 0 Å². The molecule has 0 saturated heterocycles. The number of rotatable bonds is 2. The lowest BCUT2D eigenvalue weighted by atomic mass is 9.78. The highest BCUT2D eigenvalue weighted by Gasteiger charge is 2.32. The van der Waals surface area contributed by atoms with Gasteiger partial charge < -0.3 is 10.3 Å². The molecule has 0 aromatic carbocycles. The zero-order valence-electron chi connectivity index (χ0n) is 7.93.